The number of hydrogen-bond donors (Lipinski definition) is 0. The third kappa shape index (κ3) is 4.85. The average molecular weight is 397 g/mol. The van der Waals surface area contributed by atoms with Crippen LogP contribution in [0.15, 0.2) is 47.1 Å². The molecular weight excluding hydrogens is 370 g/mol. The first-order chi connectivity index (χ1) is 13.9. The van der Waals surface area contributed by atoms with Crippen LogP contribution in [0.4, 0.5) is 0 Å². The normalized spacial score (nSPS) is 14.2. The van der Waals surface area contributed by atoms with Gasteiger partial charge in [0.05, 0.1) is 12.8 Å². The maximum absolute atomic E-state index is 12.7. The highest BCUT2D eigenvalue weighted by Gasteiger charge is 2.26. The van der Waals surface area contributed by atoms with Crippen molar-refractivity contribution < 1.29 is 18.8 Å². The lowest BCUT2D eigenvalue weighted by Crippen LogP contribution is -2.52. The maximum Gasteiger partial charge on any atom is 0.289 e. The summed E-state index contributed by atoms with van der Waals surface area (Å²) in [6.07, 6.45) is 1.43. The van der Waals surface area contributed by atoms with Gasteiger partial charge >= 0.3 is 0 Å². The number of amides is 3. The number of nitrogens with zero attached hydrogens (tertiary/aromatic N) is 3. The van der Waals surface area contributed by atoms with Gasteiger partial charge in [-0.2, -0.15) is 0 Å². The lowest BCUT2D eigenvalue weighted by Gasteiger charge is -2.35. The van der Waals surface area contributed by atoms with Gasteiger partial charge in [0.1, 0.15) is 0 Å². The number of likely N-dealkylation sites (N-methyl/N-ethyl adjacent to an activating group) is 1. The van der Waals surface area contributed by atoms with E-state index in [2.05, 4.69) is 13.8 Å². The van der Waals surface area contributed by atoms with Gasteiger partial charge in [0.2, 0.25) is 5.91 Å². The number of carbonyl (C=O) groups excluding carboxylic acids is 3. The Balaban J connectivity index is 1.51. The van der Waals surface area contributed by atoms with Gasteiger partial charge in [-0.3, -0.25) is 14.4 Å². The van der Waals surface area contributed by atoms with Gasteiger partial charge in [-0.25, -0.2) is 0 Å². The van der Waals surface area contributed by atoms with Crippen LogP contribution in [-0.4, -0.2) is 72.2 Å². The maximum atomic E-state index is 12.7. The quantitative estimate of drug-likeness (QED) is 0.777. The van der Waals surface area contributed by atoms with Gasteiger partial charge in [-0.1, -0.05) is 26.0 Å². The molecule has 1 fully saturated rings. The fourth-order valence-corrected chi connectivity index (χ4v) is 3.32. The Morgan fingerprint density at radius 1 is 1.00 bits per heavy atom. The molecule has 1 aromatic heterocycles. The van der Waals surface area contributed by atoms with E-state index >= 15 is 0 Å². The molecule has 2 heterocycles. The van der Waals surface area contributed by atoms with Crippen molar-refractivity contribution in [2.75, 3.05) is 39.8 Å². The number of piperazine rings is 1. The van der Waals surface area contributed by atoms with E-state index in [1.54, 1.807) is 29.0 Å². The number of furan rings is 1. The van der Waals surface area contributed by atoms with Crippen LogP contribution in [0, 0.1) is 0 Å². The van der Waals surface area contributed by atoms with E-state index in [-0.39, 0.29) is 30.0 Å². The first-order valence-electron chi connectivity index (χ1n) is 9.83. The van der Waals surface area contributed by atoms with Crippen LogP contribution in [0.3, 0.4) is 0 Å². The Hall–Kier alpha value is -3.09. The molecular formula is C22H27N3O4. The number of carbonyl (C=O) groups is 3. The Morgan fingerprint density at radius 2 is 1.62 bits per heavy atom. The molecule has 7 heteroatoms. The van der Waals surface area contributed by atoms with E-state index in [0.29, 0.717) is 37.7 Å². The zero-order chi connectivity index (χ0) is 21.0. The van der Waals surface area contributed by atoms with E-state index in [1.807, 2.05) is 24.3 Å². The highest BCUT2D eigenvalue weighted by molar-refractivity contribution is 5.95. The molecule has 0 aliphatic carbocycles. The summed E-state index contributed by atoms with van der Waals surface area (Å²) in [5, 5.41) is 0. The summed E-state index contributed by atoms with van der Waals surface area (Å²) in [5.74, 6) is 0.144. The first kappa shape index (κ1) is 20.6. The van der Waals surface area contributed by atoms with Crippen molar-refractivity contribution in [3.05, 3.63) is 59.5 Å². The number of rotatable bonds is 5. The van der Waals surface area contributed by atoms with E-state index in [4.69, 9.17) is 4.42 Å². The number of hydrogen-bond acceptors (Lipinski definition) is 4. The molecule has 3 rings (SSSR count). The Morgan fingerprint density at radius 3 is 2.17 bits per heavy atom. The molecule has 7 nitrogen and oxygen atoms in total. The molecule has 1 saturated heterocycles. The molecule has 1 aromatic carbocycles. The fourth-order valence-electron chi connectivity index (χ4n) is 3.32. The molecule has 3 amide bonds. The monoisotopic (exact) mass is 397 g/mol. The minimum Gasteiger partial charge on any atom is -0.459 e. The number of benzene rings is 1. The zero-order valence-corrected chi connectivity index (χ0v) is 17.1. The molecule has 2 aromatic rings. The van der Waals surface area contributed by atoms with Gasteiger partial charge < -0.3 is 19.1 Å². The summed E-state index contributed by atoms with van der Waals surface area (Å²) in [7, 11) is 1.57. The summed E-state index contributed by atoms with van der Waals surface area (Å²) >= 11 is 0. The first-order valence-corrected chi connectivity index (χ1v) is 9.83. The Labute approximate surface area is 170 Å². The summed E-state index contributed by atoms with van der Waals surface area (Å²) in [6.45, 7) is 6.08. The van der Waals surface area contributed by atoms with Crippen LogP contribution in [0.25, 0.3) is 0 Å². The molecule has 0 bridgehead atoms. The van der Waals surface area contributed by atoms with Crippen LogP contribution in [-0.2, 0) is 4.79 Å². The second-order valence-corrected chi connectivity index (χ2v) is 7.59. The van der Waals surface area contributed by atoms with Crippen molar-refractivity contribution >= 4 is 17.7 Å². The highest BCUT2D eigenvalue weighted by Crippen LogP contribution is 2.16. The predicted octanol–water partition coefficient (Wildman–Crippen LogP) is 2.46. The predicted molar refractivity (Wildman–Crippen MR) is 109 cm³/mol. The Kier molecular flexibility index (Phi) is 6.36. The summed E-state index contributed by atoms with van der Waals surface area (Å²) in [4.78, 5) is 42.2. The SMILES string of the molecule is CC(C)c1ccc(C(=O)N2CCN(C(=O)CN(C)C(=O)c3ccco3)CC2)cc1. The topological polar surface area (TPSA) is 74.1 Å². The smallest absolute Gasteiger partial charge is 0.289 e. The standard InChI is InChI=1S/C22H27N3O4/c1-16(2)17-6-8-18(9-7-17)21(27)25-12-10-24(11-13-25)20(26)15-23(3)22(28)19-5-4-14-29-19/h4-9,14,16H,10-13,15H2,1-3H3. The molecule has 0 N–H and O–H groups in total. The van der Waals surface area contributed by atoms with Crippen molar-refractivity contribution in [2.45, 2.75) is 19.8 Å². The lowest BCUT2D eigenvalue weighted by atomic mass is 10.0. The average Bonchev–Trinajstić information content (AvgIpc) is 3.27. The third-order valence-corrected chi connectivity index (χ3v) is 5.19. The summed E-state index contributed by atoms with van der Waals surface area (Å²) in [5.41, 5.74) is 1.86. The molecule has 0 atom stereocenters. The zero-order valence-electron chi connectivity index (χ0n) is 17.1. The molecule has 0 saturated carbocycles. The van der Waals surface area contributed by atoms with Crippen molar-refractivity contribution in [3.8, 4) is 0 Å². The van der Waals surface area contributed by atoms with Crippen LogP contribution >= 0.6 is 0 Å². The second-order valence-electron chi connectivity index (χ2n) is 7.59. The van der Waals surface area contributed by atoms with Crippen LogP contribution in [0.2, 0.25) is 0 Å². The van der Waals surface area contributed by atoms with Gasteiger partial charge in [0.15, 0.2) is 5.76 Å². The van der Waals surface area contributed by atoms with Crippen LogP contribution in [0.1, 0.15) is 46.2 Å². The van der Waals surface area contributed by atoms with Crippen molar-refractivity contribution in [1.82, 2.24) is 14.7 Å². The van der Waals surface area contributed by atoms with E-state index < -0.39 is 0 Å². The van der Waals surface area contributed by atoms with Gasteiger partial charge in [0, 0.05) is 38.8 Å². The van der Waals surface area contributed by atoms with Crippen LogP contribution < -0.4 is 0 Å². The fraction of sp³-hybridized carbons (Fsp3) is 0.409. The molecule has 154 valence electrons. The molecule has 1 aliphatic heterocycles. The molecule has 29 heavy (non-hydrogen) atoms. The van der Waals surface area contributed by atoms with E-state index in [1.165, 1.54) is 16.7 Å². The Bertz CT molecular complexity index is 851. The molecule has 0 spiro atoms. The van der Waals surface area contributed by atoms with E-state index in [0.717, 1.165) is 0 Å². The molecule has 0 radical (unpaired) electrons. The van der Waals surface area contributed by atoms with E-state index in [9.17, 15) is 14.4 Å². The highest BCUT2D eigenvalue weighted by atomic mass is 16.3. The van der Waals surface area contributed by atoms with Crippen molar-refractivity contribution in [3.63, 3.8) is 0 Å². The molecule has 0 unspecified atom stereocenters. The lowest BCUT2D eigenvalue weighted by molar-refractivity contribution is -0.133. The van der Waals surface area contributed by atoms with Crippen molar-refractivity contribution in [2.24, 2.45) is 0 Å². The second kappa shape index (κ2) is 8.94. The third-order valence-electron chi connectivity index (χ3n) is 5.19. The van der Waals surface area contributed by atoms with Gasteiger partial charge in [0.25, 0.3) is 11.8 Å². The van der Waals surface area contributed by atoms with Gasteiger partial charge in [-0.15, -0.1) is 0 Å². The van der Waals surface area contributed by atoms with Crippen LogP contribution in [0.5, 0.6) is 0 Å². The summed E-state index contributed by atoms with van der Waals surface area (Å²) < 4.78 is 5.09. The largest absolute Gasteiger partial charge is 0.459 e. The van der Waals surface area contributed by atoms with Gasteiger partial charge in [-0.05, 0) is 35.7 Å². The molecule has 1 aliphatic rings. The minimum atomic E-state index is -0.331. The minimum absolute atomic E-state index is 0.0162. The van der Waals surface area contributed by atoms with Crippen molar-refractivity contribution in [1.29, 1.82) is 0 Å². The summed E-state index contributed by atoms with van der Waals surface area (Å²) in [6, 6.07) is 10.9.